The summed E-state index contributed by atoms with van der Waals surface area (Å²) in [6, 6.07) is 15.7. The minimum Gasteiger partial charge on any atom is -0.490 e. The lowest BCUT2D eigenvalue weighted by Crippen LogP contribution is -2.01. The molecule has 0 aromatic heterocycles. The first-order valence-corrected chi connectivity index (χ1v) is 6.73. The molecule has 1 aliphatic rings. The number of aliphatic hydroxyl groups excluding tert-OH is 1. The standard InChI is InChI=1S/C17H18O2/c1-12-3-2-4-14(11-12)17(18)13-5-7-15(8-6-13)19-16-9-10-16/h2-8,11,16-18H,9-10H2,1H3. The first kappa shape index (κ1) is 12.2. The largest absolute Gasteiger partial charge is 0.490 e. The Bertz CT molecular complexity index is 556. The van der Waals surface area contributed by atoms with Crippen molar-refractivity contribution in [3.05, 3.63) is 65.2 Å². The molecule has 1 N–H and O–H groups in total. The van der Waals surface area contributed by atoms with Crippen molar-refractivity contribution in [1.82, 2.24) is 0 Å². The lowest BCUT2D eigenvalue weighted by Gasteiger charge is -2.13. The Labute approximate surface area is 113 Å². The van der Waals surface area contributed by atoms with E-state index < -0.39 is 6.10 Å². The molecule has 2 aromatic carbocycles. The van der Waals surface area contributed by atoms with E-state index in [9.17, 15) is 5.11 Å². The van der Waals surface area contributed by atoms with Gasteiger partial charge in [-0.15, -0.1) is 0 Å². The summed E-state index contributed by atoms with van der Waals surface area (Å²) in [5, 5.41) is 10.4. The molecule has 1 atom stereocenters. The van der Waals surface area contributed by atoms with Crippen molar-refractivity contribution < 1.29 is 9.84 Å². The van der Waals surface area contributed by atoms with Gasteiger partial charge in [-0.2, -0.15) is 0 Å². The van der Waals surface area contributed by atoms with Crippen molar-refractivity contribution in [3.8, 4) is 5.75 Å². The molecule has 2 nitrogen and oxygen atoms in total. The molecule has 0 amide bonds. The normalized spacial score (nSPS) is 16.1. The van der Waals surface area contributed by atoms with Gasteiger partial charge in [0.1, 0.15) is 11.9 Å². The maximum Gasteiger partial charge on any atom is 0.119 e. The summed E-state index contributed by atoms with van der Waals surface area (Å²) in [6.07, 6.45) is 2.16. The number of aryl methyl sites for hydroxylation is 1. The molecule has 98 valence electrons. The number of benzene rings is 2. The van der Waals surface area contributed by atoms with E-state index in [0.717, 1.165) is 35.3 Å². The van der Waals surface area contributed by atoms with Gasteiger partial charge in [0.05, 0.1) is 6.10 Å². The minimum absolute atomic E-state index is 0.410. The Morgan fingerprint density at radius 2 is 1.79 bits per heavy atom. The molecule has 2 aromatic rings. The highest BCUT2D eigenvalue weighted by Gasteiger charge is 2.23. The van der Waals surface area contributed by atoms with Gasteiger partial charge in [-0.05, 0) is 43.0 Å². The van der Waals surface area contributed by atoms with Crippen LogP contribution in [0.1, 0.15) is 35.6 Å². The van der Waals surface area contributed by atoms with Crippen molar-refractivity contribution in [2.45, 2.75) is 32.0 Å². The Kier molecular flexibility index (Phi) is 3.26. The smallest absolute Gasteiger partial charge is 0.119 e. The topological polar surface area (TPSA) is 29.5 Å². The molecule has 0 bridgehead atoms. The molecule has 0 heterocycles. The van der Waals surface area contributed by atoms with Crippen LogP contribution >= 0.6 is 0 Å². The van der Waals surface area contributed by atoms with Gasteiger partial charge in [-0.3, -0.25) is 0 Å². The second kappa shape index (κ2) is 5.06. The van der Waals surface area contributed by atoms with Crippen LogP contribution in [0.4, 0.5) is 0 Å². The molecular formula is C17H18O2. The summed E-state index contributed by atoms with van der Waals surface area (Å²) in [6.45, 7) is 2.03. The van der Waals surface area contributed by atoms with E-state index in [0.29, 0.717) is 6.10 Å². The third-order valence-corrected chi connectivity index (χ3v) is 3.38. The van der Waals surface area contributed by atoms with Crippen LogP contribution in [0, 0.1) is 6.92 Å². The molecule has 3 rings (SSSR count). The molecule has 1 fully saturated rings. The second-order valence-electron chi connectivity index (χ2n) is 5.20. The quantitative estimate of drug-likeness (QED) is 0.903. The Balaban J connectivity index is 1.77. The highest BCUT2D eigenvalue weighted by atomic mass is 16.5. The zero-order valence-corrected chi connectivity index (χ0v) is 11.0. The SMILES string of the molecule is Cc1cccc(C(O)c2ccc(OC3CC3)cc2)c1. The lowest BCUT2D eigenvalue weighted by atomic mass is 10.00. The fraction of sp³-hybridized carbons (Fsp3) is 0.294. The molecule has 1 unspecified atom stereocenters. The molecule has 19 heavy (non-hydrogen) atoms. The molecule has 0 spiro atoms. The number of rotatable bonds is 4. The van der Waals surface area contributed by atoms with Gasteiger partial charge in [-0.1, -0.05) is 42.0 Å². The first-order chi connectivity index (χ1) is 9.22. The summed E-state index contributed by atoms with van der Waals surface area (Å²) >= 11 is 0. The summed E-state index contributed by atoms with van der Waals surface area (Å²) < 4.78 is 5.70. The van der Waals surface area contributed by atoms with Gasteiger partial charge >= 0.3 is 0 Å². The van der Waals surface area contributed by atoms with Crippen LogP contribution < -0.4 is 4.74 Å². The molecule has 2 heteroatoms. The average Bonchev–Trinajstić information content (AvgIpc) is 3.23. The Morgan fingerprint density at radius 3 is 2.42 bits per heavy atom. The molecule has 0 radical (unpaired) electrons. The third kappa shape index (κ3) is 2.96. The summed E-state index contributed by atoms with van der Waals surface area (Å²) in [5.41, 5.74) is 2.98. The number of aliphatic hydroxyl groups is 1. The second-order valence-corrected chi connectivity index (χ2v) is 5.20. The van der Waals surface area contributed by atoms with E-state index in [1.54, 1.807) is 0 Å². The summed E-state index contributed by atoms with van der Waals surface area (Å²) in [7, 11) is 0. The fourth-order valence-electron chi connectivity index (χ4n) is 2.14. The van der Waals surface area contributed by atoms with Crippen LogP contribution in [0.3, 0.4) is 0 Å². The van der Waals surface area contributed by atoms with E-state index in [4.69, 9.17) is 4.74 Å². The maximum atomic E-state index is 10.4. The molecule has 1 saturated carbocycles. The molecule has 0 saturated heterocycles. The first-order valence-electron chi connectivity index (χ1n) is 6.73. The van der Waals surface area contributed by atoms with Crippen molar-refractivity contribution in [2.24, 2.45) is 0 Å². The highest BCUT2D eigenvalue weighted by Crippen LogP contribution is 2.29. The van der Waals surface area contributed by atoms with Gasteiger partial charge in [0, 0.05) is 0 Å². The number of hydrogen-bond donors (Lipinski definition) is 1. The maximum absolute atomic E-state index is 10.4. The van der Waals surface area contributed by atoms with Crippen LogP contribution in [0.15, 0.2) is 48.5 Å². The number of ether oxygens (including phenoxy) is 1. The van der Waals surface area contributed by atoms with E-state index in [1.165, 1.54) is 0 Å². The van der Waals surface area contributed by atoms with E-state index >= 15 is 0 Å². The van der Waals surface area contributed by atoms with Gasteiger partial charge in [0.2, 0.25) is 0 Å². The van der Waals surface area contributed by atoms with Crippen LogP contribution in [0.25, 0.3) is 0 Å². The molecule has 1 aliphatic carbocycles. The third-order valence-electron chi connectivity index (χ3n) is 3.38. The lowest BCUT2D eigenvalue weighted by molar-refractivity contribution is 0.220. The van der Waals surface area contributed by atoms with E-state index in [2.05, 4.69) is 0 Å². The van der Waals surface area contributed by atoms with E-state index in [1.807, 2.05) is 55.5 Å². The predicted octanol–water partition coefficient (Wildman–Crippen LogP) is 3.62. The molecule has 0 aliphatic heterocycles. The number of hydrogen-bond acceptors (Lipinski definition) is 2. The summed E-state index contributed by atoms with van der Waals surface area (Å²) in [5.74, 6) is 0.891. The molecular weight excluding hydrogens is 236 g/mol. The zero-order valence-electron chi connectivity index (χ0n) is 11.0. The van der Waals surface area contributed by atoms with Crippen LogP contribution in [-0.4, -0.2) is 11.2 Å². The van der Waals surface area contributed by atoms with Gasteiger partial charge in [0.15, 0.2) is 0 Å². The Hall–Kier alpha value is -1.80. The van der Waals surface area contributed by atoms with Crippen molar-refractivity contribution in [1.29, 1.82) is 0 Å². The highest BCUT2D eigenvalue weighted by molar-refractivity contribution is 5.35. The van der Waals surface area contributed by atoms with Crippen LogP contribution in [-0.2, 0) is 0 Å². The minimum atomic E-state index is -0.574. The van der Waals surface area contributed by atoms with Crippen molar-refractivity contribution in [2.75, 3.05) is 0 Å². The zero-order chi connectivity index (χ0) is 13.2. The Morgan fingerprint density at radius 1 is 1.05 bits per heavy atom. The monoisotopic (exact) mass is 254 g/mol. The van der Waals surface area contributed by atoms with Crippen LogP contribution in [0.5, 0.6) is 5.75 Å². The van der Waals surface area contributed by atoms with Crippen molar-refractivity contribution >= 4 is 0 Å². The van der Waals surface area contributed by atoms with Crippen molar-refractivity contribution in [3.63, 3.8) is 0 Å². The van der Waals surface area contributed by atoms with Gasteiger partial charge < -0.3 is 9.84 Å². The van der Waals surface area contributed by atoms with Gasteiger partial charge in [0.25, 0.3) is 0 Å². The average molecular weight is 254 g/mol. The van der Waals surface area contributed by atoms with Crippen LogP contribution in [0.2, 0.25) is 0 Å². The van der Waals surface area contributed by atoms with E-state index in [-0.39, 0.29) is 0 Å². The van der Waals surface area contributed by atoms with Gasteiger partial charge in [-0.25, -0.2) is 0 Å². The fourth-order valence-corrected chi connectivity index (χ4v) is 2.14. The summed E-state index contributed by atoms with van der Waals surface area (Å²) in [4.78, 5) is 0. The predicted molar refractivity (Wildman–Crippen MR) is 75.3 cm³/mol.